The topological polar surface area (TPSA) is 70.2 Å². The molecule has 0 saturated heterocycles. The molecule has 124 valence electrons. The molecule has 0 aliphatic rings. The Labute approximate surface area is 146 Å². The molecule has 0 aromatic heterocycles. The van der Waals surface area contributed by atoms with E-state index in [0.29, 0.717) is 12.0 Å². The van der Waals surface area contributed by atoms with E-state index >= 15 is 0 Å². The highest BCUT2D eigenvalue weighted by Gasteiger charge is 2.08. The summed E-state index contributed by atoms with van der Waals surface area (Å²) in [4.78, 5) is 23.5. The summed E-state index contributed by atoms with van der Waals surface area (Å²) in [6, 6.07) is 17.1. The number of benzene rings is 2. The van der Waals surface area contributed by atoms with Gasteiger partial charge < -0.3 is 0 Å². The fourth-order valence-electron chi connectivity index (χ4n) is 2.07. The lowest BCUT2D eigenvalue weighted by Crippen LogP contribution is -2.48. The molecule has 0 atom stereocenters. The van der Waals surface area contributed by atoms with Gasteiger partial charge in [-0.05, 0) is 41.9 Å². The standard InChI is InChI=1S/C18H19N3O2S/c1-2-6-16(22)20-21-18(24)19-17(23)15-11-9-14(10-12-15)13-7-4-3-5-8-13/h3-5,7-12H,2,6H2,1H3,(H,20,22)(H2,19,21,23,24). The van der Waals surface area contributed by atoms with Crippen LogP contribution in [-0.2, 0) is 4.79 Å². The first-order chi connectivity index (χ1) is 11.6. The van der Waals surface area contributed by atoms with Crippen molar-refractivity contribution in [2.45, 2.75) is 19.8 Å². The zero-order valence-corrected chi connectivity index (χ0v) is 14.2. The van der Waals surface area contributed by atoms with Crippen LogP contribution < -0.4 is 16.2 Å². The fraction of sp³-hybridized carbons (Fsp3) is 0.167. The van der Waals surface area contributed by atoms with E-state index in [1.54, 1.807) is 12.1 Å². The van der Waals surface area contributed by atoms with Gasteiger partial charge in [-0.2, -0.15) is 0 Å². The van der Waals surface area contributed by atoms with Gasteiger partial charge in [0.2, 0.25) is 5.91 Å². The number of thiocarbonyl (C=S) groups is 1. The predicted octanol–water partition coefficient (Wildman–Crippen LogP) is 2.79. The van der Waals surface area contributed by atoms with Crippen molar-refractivity contribution in [3.63, 3.8) is 0 Å². The fourth-order valence-corrected chi connectivity index (χ4v) is 2.21. The third kappa shape index (κ3) is 5.17. The van der Waals surface area contributed by atoms with Crippen LogP contribution in [0.15, 0.2) is 54.6 Å². The van der Waals surface area contributed by atoms with Crippen molar-refractivity contribution in [2.24, 2.45) is 0 Å². The lowest BCUT2D eigenvalue weighted by Gasteiger charge is -2.10. The lowest BCUT2D eigenvalue weighted by atomic mass is 10.0. The molecule has 0 heterocycles. The minimum Gasteiger partial charge on any atom is -0.298 e. The molecule has 0 radical (unpaired) electrons. The summed E-state index contributed by atoms with van der Waals surface area (Å²) in [6.45, 7) is 1.90. The molecule has 0 saturated carbocycles. The van der Waals surface area contributed by atoms with E-state index in [-0.39, 0.29) is 16.9 Å². The Hall–Kier alpha value is -2.73. The van der Waals surface area contributed by atoms with Crippen molar-refractivity contribution in [2.75, 3.05) is 0 Å². The third-order valence-corrected chi connectivity index (χ3v) is 3.48. The molecule has 2 aromatic rings. The molecule has 24 heavy (non-hydrogen) atoms. The van der Waals surface area contributed by atoms with Gasteiger partial charge in [0.05, 0.1) is 0 Å². The minimum absolute atomic E-state index is 0.0524. The summed E-state index contributed by atoms with van der Waals surface area (Å²) in [5.41, 5.74) is 7.53. The van der Waals surface area contributed by atoms with E-state index in [1.165, 1.54) is 0 Å². The summed E-state index contributed by atoms with van der Waals surface area (Å²) in [6.07, 6.45) is 1.13. The number of amides is 2. The van der Waals surface area contributed by atoms with E-state index in [0.717, 1.165) is 17.5 Å². The smallest absolute Gasteiger partial charge is 0.257 e. The summed E-state index contributed by atoms with van der Waals surface area (Å²) in [7, 11) is 0. The van der Waals surface area contributed by atoms with Crippen molar-refractivity contribution in [1.29, 1.82) is 0 Å². The average Bonchev–Trinajstić information content (AvgIpc) is 2.61. The Morgan fingerprint density at radius 1 is 0.917 bits per heavy atom. The molecule has 6 heteroatoms. The van der Waals surface area contributed by atoms with Gasteiger partial charge in [-0.3, -0.25) is 25.8 Å². The summed E-state index contributed by atoms with van der Waals surface area (Å²) >= 11 is 4.98. The van der Waals surface area contributed by atoms with Crippen LogP contribution in [0.5, 0.6) is 0 Å². The van der Waals surface area contributed by atoms with Crippen LogP contribution in [0.1, 0.15) is 30.1 Å². The van der Waals surface area contributed by atoms with Crippen LogP contribution in [0.25, 0.3) is 11.1 Å². The van der Waals surface area contributed by atoms with Gasteiger partial charge in [0, 0.05) is 12.0 Å². The van der Waals surface area contributed by atoms with E-state index in [1.807, 2.05) is 49.4 Å². The summed E-state index contributed by atoms with van der Waals surface area (Å²) < 4.78 is 0. The SMILES string of the molecule is CCCC(=O)NNC(=S)NC(=O)c1ccc(-c2ccccc2)cc1. The maximum Gasteiger partial charge on any atom is 0.257 e. The van der Waals surface area contributed by atoms with Crippen LogP contribution >= 0.6 is 12.2 Å². The second-order valence-corrected chi connectivity index (χ2v) is 5.56. The van der Waals surface area contributed by atoms with Gasteiger partial charge in [-0.25, -0.2) is 0 Å². The van der Waals surface area contributed by atoms with Crippen LogP contribution in [0.2, 0.25) is 0 Å². The number of nitrogens with one attached hydrogen (secondary N) is 3. The first kappa shape index (κ1) is 17.6. The van der Waals surface area contributed by atoms with Crippen LogP contribution in [-0.4, -0.2) is 16.9 Å². The van der Waals surface area contributed by atoms with Gasteiger partial charge >= 0.3 is 0 Å². The van der Waals surface area contributed by atoms with Gasteiger partial charge in [0.15, 0.2) is 5.11 Å². The van der Waals surface area contributed by atoms with Crippen molar-refractivity contribution >= 4 is 29.1 Å². The number of carbonyl (C=O) groups excluding carboxylic acids is 2. The van der Waals surface area contributed by atoms with E-state index in [4.69, 9.17) is 12.2 Å². The van der Waals surface area contributed by atoms with Crippen molar-refractivity contribution in [3.05, 3.63) is 60.2 Å². The first-order valence-electron chi connectivity index (χ1n) is 7.66. The Balaban J connectivity index is 1.91. The van der Waals surface area contributed by atoms with E-state index in [9.17, 15) is 9.59 Å². The first-order valence-corrected chi connectivity index (χ1v) is 8.06. The third-order valence-electron chi connectivity index (χ3n) is 3.27. The van der Waals surface area contributed by atoms with E-state index < -0.39 is 0 Å². The number of hydrogen-bond acceptors (Lipinski definition) is 3. The maximum absolute atomic E-state index is 12.1. The molecular formula is C18H19N3O2S. The van der Waals surface area contributed by atoms with E-state index in [2.05, 4.69) is 16.2 Å². The van der Waals surface area contributed by atoms with Crippen LogP contribution in [0, 0.1) is 0 Å². The quantitative estimate of drug-likeness (QED) is 0.591. The number of hydrazine groups is 1. The molecule has 3 N–H and O–H groups in total. The highest BCUT2D eigenvalue weighted by molar-refractivity contribution is 7.80. The molecule has 0 aliphatic carbocycles. The number of carbonyl (C=O) groups is 2. The van der Waals surface area contributed by atoms with Gasteiger partial charge in [0.25, 0.3) is 5.91 Å². The number of hydrogen-bond donors (Lipinski definition) is 3. The van der Waals surface area contributed by atoms with Crippen LogP contribution in [0.4, 0.5) is 0 Å². The lowest BCUT2D eigenvalue weighted by molar-refractivity contribution is -0.121. The second kappa shape index (κ2) is 8.79. The molecule has 0 spiro atoms. The Kier molecular flexibility index (Phi) is 6.45. The van der Waals surface area contributed by atoms with Crippen LogP contribution in [0.3, 0.4) is 0 Å². The molecule has 0 aliphatic heterocycles. The van der Waals surface area contributed by atoms with Gasteiger partial charge in [0.1, 0.15) is 0 Å². The van der Waals surface area contributed by atoms with Crippen molar-refractivity contribution in [1.82, 2.24) is 16.2 Å². The van der Waals surface area contributed by atoms with Crippen molar-refractivity contribution in [3.8, 4) is 11.1 Å². The normalized spacial score (nSPS) is 9.88. The maximum atomic E-state index is 12.1. The highest BCUT2D eigenvalue weighted by atomic mass is 32.1. The average molecular weight is 341 g/mol. The molecule has 0 unspecified atom stereocenters. The molecule has 2 aromatic carbocycles. The second-order valence-electron chi connectivity index (χ2n) is 5.15. The molecule has 0 fully saturated rings. The molecule has 2 amide bonds. The Morgan fingerprint density at radius 3 is 2.17 bits per heavy atom. The molecule has 2 rings (SSSR count). The van der Waals surface area contributed by atoms with Crippen molar-refractivity contribution < 1.29 is 9.59 Å². The predicted molar refractivity (Wildman–Crippen MR) is 98.1 cm³/mol. The Bertz CT molecular complexity index is 715. The monoisotopic (exact) mass is 341 g/mol. The molecule has 0 bridgehead atoms. The largest absolute Gasteiger partial charge is 0.298 e. The minimum atomic E-state index is -0.336. The zero-order chi connectivity index (χ0) is 17.4. The zero-order valence-electron chi connectivity index (χ0n) is 13.3. The van der Waals surface area contributed by atoms with Gasteiger partial charge in [-0.15, -0.1) is 0 Å². The summed E-state index contributed by atoms with van der Waals surface area (Å²) in [5.74, 6) is -0.516. The molecule has 5 nitrogen and oxygen atoms in total. The highest BCUT2D eigenvalue weighted by Crippen LogP contribution is 2.19. The summed E-state index contributed by atoms with van der Waals surface area (Å²) in [5, 5.41) is 2.57. The van der Waals surface area contributed by atoms with Gasteiger partial charge in [-0.1, -0.05) is 49.4 Å². The molecular weight excluding hydrogens is 322 g/mol. The Morgan fingerprint density at radius 2 is 1.54 bits per heavy atom. The number of rotatable bonds is 4.